The Balaban J connectivity index is 1.91. The second-order valence-corrected chi connectivity index (χ2v) is 6.34. The molecule has 98 valence electrons. The first-order valence-corrected chi connectivity index (χ1v) is 7.08. The lowest BCUT2D eigenvalue weighted by atomic mass is 9.79. The van der Waals surface area contributed by atoms with Gasteiger partial charge in [-0.05, 0) is 68.1 Å². The molecule has 2 bridgehead atoms. The van der Waals surface area contributed by atoms with E-state index in [1.54, 1.807) is 6.07 Å². The Morgan fingerprint density at radius 2 is 2.00 bits per heavy atom. The van der Waals surface area contributed by atoms with Crippen molar-refractivity contribution >= 4 is 0 Å². The van der Waals surface area contributed by atoms with Gasteiger partial charge >= 0.3 is 0 Å². The first-order chi connectivity index (χ1) is 8.56. The average molecular weight is 247 g/mol. The highest BCUT2D eigenvalue weighted by Gasteiger charge is 2.43. The van der Waals surface area contributed by atoms with Crippen LogP contribution in [0.5, 0.6) is 0 Å². The fourth-order valence-corrected chi connectivity index (χ4v) is 4.30. The zero-order chi connectivity index (χ0) is 12.9. The molecule has 0 heterocycles. The molecule has 2 fully saturated rings. The third-order valence-corrected chi connectivity index (χ3v) is 5.07. The Morgan fingerprint density at radius 1 is 1.22 bits per heavy atom. The number of benzene rings is 1. The Hall–Kier alpha value is -0.890. The van der Waals surface area contributed by atoms with Crippen LogP contribution in [0.3, 0.4) is 0 Å². The summed E-state index contributed by atoms with van der Waals surface area (Å²) in [5.41, 5.74) is 9.16. The van der Waals surface area contributed by atoms with Gasteiger partial charge in [-0.25, -0.2) is 4.39 Å². The van der Waals surface area contributed by atoms with E-state index in [0.717, 1.165) is 28.5 Å². The van der Waals surface area contributed by atoms with Gasteiger partial charge in [-0.15, -0.1) is 0 Å². The summed E-state index contributed by atoms with van der Waals surface area (Å²) in [5, 5.41) is 0. The van der Waals surface area contributed by atoms with Crippen LogP contribution in [0, 0.1) is 37.4 Å². The van der Waals surface area contributed by atoms with Gasteiger partial charge in [0.1, 0.15) is 5.82 Å². The molecule has 2 N–H and O–H groups in total. The number of fused-ring (bicyclic) bond motifs is 2. The normalized spacial score (nSPS) is 31.9. The second-order valence-electron chi connectivity index (χ2n) is 6.34. The number of nitrogens with two attached hydrogens (primary N) is 1. The topological polar surface area (TPSA) is 26.0 Å². The summed E-state index contributed by atoms with van der Waals surface area (Å²) in [4.78, 5) is 0. The van der Waals surface area contributed by atoms with Crippen LogP contribution in [0.1, 0.15) is 48.4 Å². The third-order valence-electron chi connectivity index (χ3n) is 5.07. The van der Waals surface area contributed by atoms with E-state index in [4.69, 9.17) is 5.73 Å². The van der Waals surface area contributed by atoms with E-state index in [0.29, 0.717) is 5.92 Å². The molecule has 2 aliphatic rings. The molecule has 0 amide bonds. The standard InChI is InChI=1S/C16H22FN/c1-9-5-10(2)15(14(17)6-9)16(18)13-8-11-3-4-12(13)7-11/h5-6,11-13,16H,3-4,7-8,18H2,1-2H3. The minimum Gasteiger partial charge on any atom is -0.324 e. The van der Waals surface area contributed by atoms with E-state index in [1.807, 2.05) is 19.9 Å². The van der Waals surface area contributed by atoms with Gasteiger partial charge < -0.3 is 5.73 Å². The Morgan fingerprint density at radius 3 is 2.56 bits per heavy atom. The van der Waals surface area contributed by atoms with Crippen LogP contribution in [-0.4, -0.2) is 0 Å². The van der Waals surface area contributed by atoms with Crippen molar-refractivity contribution in [2.75, 3.05) is 0 Å². The van der Waals surface area contributed by atoms with Crippen LogP contribution in [0.25, 0.3) is 0 Å². The van der Waals surface area contributed by atoms with E-state index < -0.39 is 0 Å². The molecule has 4 unspecified atom stereocenters. The van der Waals surface area contributed by atoms with Crippen LogP contribution in [0.2, 0.25) is 0 Å². The quantitative estimate of drug-likeness (QED) is 0.843. The van der Waals surface area contributed by atoms with Crippen molar-refractivity contribution in [2.24, 2.45) is 23.5 Å². The van der Waals surface area contributed by atoms with Crippen molar-refractivity contribution in [1.29, 1.82) is 0 Å². The van der Waals surface area contributed by atoms with Crippen molar-refractivity contribution in [3.05, 3.63) is 34.6 Å². The molecule has 0 radical (unpaired) electrons. The summed E-state index contributed by atoms with van der Waals surface area (Å²) >= 11 is 0. The maximum Gasteiger partial charge on any atom is 0.128 e. The van der Waals surface area contributed by atoms with Gasteiger partial charge in [0.2, 0.25) is 0 Å². The molecule has 2 heteroatoms. The third kappa shape index (κ3) is 1.87. The second kappa shape index (κ2) is 4.34. The molecule has 1 nitrogen and oxygen atoms in total. The summed E-state index contributed by atoms with van der Waals surface area (Å²) in [6.07, 6.45) is 5.20. The minimum atomic E-state index is -0.110. The van der Waals surface area contributed by atoms with Gasteiger partial charge in [0.15, 0.2) is 0 Å². The molecule has 3 rings (SSSR count). The maximum atomic E-state index is 14.2. The highest BCUT2D eigenvalue weighted by molar-refractivity contribution is 5.35. The van der Waals surface area contributed by atoms with E-state index in [9.17, 15) is 4.39 Å². The van der Waals surface area contributed by atoms with E-state index >= 15 is 0 Å². The minimum absolute atomic E-state index is 0.109. The summed E-state index contributed by atoms with van der Waals surface area (Å²) < 4.78 is 14.2. The molecule has 0 spiro atoms. The molecule has 0 aliphatic heterocycles. The molecular weight excluding hydrogens is 225 g/mol. The van der Waals surface area contributed by atoms with Crippen molar-refractivity contribution < 1.29 is 4.39 Å². The molecule has 0 saturated heterocycles. The number of halogens is 1. The van der Waals surface area contributed by atoms with Gasteiger partial charge in [0, 0.05) is 11.6 Å². The summed E-state index contributed by atoms with van der Waals surface area (Å²) in [5.74, 6) is 1.99. The molecule has 1 aromatic carbocycles. The number of rotatable bonds is 2. The highest BCUT2D eigenvalue weighted by atomic mass is 19.1. The number of hydrogen-bond donors (Lipinski definition) is 1. The molecule has 18 heavy (non-hydrogen) atoms. The van der Waals surface area contributed by atoms with Crippen molar-refractivity contribution in [1.82, 2.24) is 0 Å². The fourth-order valence-electron chi connectivity index (χ4n) is 4.30. The first-order valence-electron chi connectivity index (χ1n) is 7.08. The van der Waals surface area contributed by atoms with Gasteiger partial charge in [-0.1, -0.05) is 12.5 Å². The summed E-state index contributed by atoms with van der Waals surface area (Å²) in [7, 11) is 0. The average Bonchev–Trinajstić information content (AvgIpc) is 2.88. The maximum absolute atomic E-state index is 14.2. The lowest BCUT2D eigenvalue weighted by Crippen LogP contribution is -2.27. The predicted octanol–water partition coefficient (Wildman–Crippen LogP) is 3.88. The van der Waals surface area contributed by atoms with Gasteiger partial charge in [-0.2, -0.15) is 0 Å². The van der Waals surface area contributed by atoms with E-state index in [1.165, 1.54) is 25.7 Å². The fraction of sp³-hybridized carbons (Fsp3) is 0.625. The lowest BCUT2D eigenvalue weighted by molar-refractivity contribution is 0.280. The van der Waals surface area contributed by atoms with Gasteiger partial charge in [-0.3, -0.25) is 0 Å². The smallest absolute Gasteiger partial charge is 0.128 e. The summed E-state index contributed by atoms with van der Waals surface area (Å²) in [6.45, 7) is 3.92. The monoisotopic (exact) mass is 247 g/mol. The molecule has 2 aliphatic carbocycles. The number of hydrogen-bond acceptors (Lipinski definition) is 1. The van der Waals surface area contributed by atoms with E-state index in [2.05, 4.69) is 0 Å². The SMILES string of the molecule is Cc1cc(C)c(C(N)C2CC3CCC2C3)c(F)c1. The molecule has 1 aromatic rings. The zero-order valence-electron chi connectivity index (χ0n) is 11.2. The Kier molecular flexibility index (Phi) is 2.93. The highest BCUT2D eigenvalue weighted by Crippen LogP contribution is 2.52. The summed E-state index contributed by atoms with van der Waals surface area (Å²) in [6, 6.07) is 3.56. The largest absolute Gasteiger partial charge is 0.324 e. The van der Waals surface area contributed by atoms with Crippen LogP contribution in [0.4, 0.5) is 4.39 Å². The molecule has 0 aromatic heterocycles. The van der Waals surface area contributed by atoms with Gasteiger partial charge in [0.25, 0.3) is 0 Å². The molecule has 2 saturated carbocycles. The number of aryl methyl sites for hydroxylation is 2. The predicted molar refractivity (Wildman–Crippen MR) is 71.7 cm³/mol. The van der Waals surface area contributed by atoms with Crippen molar-refractivity contribution in [3.63, 3.8) is 0 Å². The van der Waals surface area contributed by atoms with Crippen LogP contribution in [-0.2, 0) is 0 Å². The van der Waals surface area contributed by atoms with Crippen molar-refractivity contribution in [3.8, 4) is 0 Å². The molecule has 4 atom stereocenters. The van der Waals surface area contributed by atoms with Gasteiger partial charge in [0.05, 0.1) is 0 Å². The lowest BCUT2D eigenvalue weighted by Gasteiger charge is -2.29. The first kappa shape index (κ1) is 12.2. The van der Waals surface area contributed by atoms with E-state index in [-0.39, 0.29) is 11.9 Å². The van der Waals surface area contributed by atoms with Crippen LogP contribution in [0.15, 0.2) is 12.1 Å². The van der Waals surface area contributed by atoms with Crippen LogP contribution >= 0.6 is 0 Å². The Bertz CT molecular complexity index is 445. The zero-order valence-corrected chi connectivity index (χ0v) is 11.2. The molecular formula is C16H22FN. The van der Waals surface area contributed by atoms with Crippen molar-refractivity contribution in [2.45, 2.75) is 45.6 Å². The van der Waals surface area contributed by atoms with Crippen LogP contribution < -0.4 is 5.73 Å². The Labute approximate surface area is 109 Å².